The monoisotopic (exact) mass is 713 g/mol. The fraction of sp³-hybridized carbons (Fsp3) is 0.447. The molecule has 51 heavy (non-hydrogen) atoms. The number of aryl methyl sites for hydroxylation is 2. The maximum Gasteiger partial charge on any atom is 0.416 e. The van der Waals surface area contributed by atoms with Crippen LogP contribution in [0.3, 0.4) is 0 Å². The van der Waals surface area contributed by atoms with Crippen LogP contribution in [0, 0.1) is 43.7 Å². The van der Waals surface area contributed by atoms with Gasteiger partial charge in [0.2, 0.25) is 5.91 Å². The molecule has 6 rings (SSSR count). The molecule has 0 saturated carbocycles. The summed E-state index contributed by atoms with van der Waals surface area (Å²) in [6.07, 6.45) is 2.00. The van der Waals surface area contributed by atoms with Crippen LogP contribution in [0.2, 0.25) is 0 Å². The number of ether oxygens (including phenoxy) is 1. The highest BCUT2D eigenvalue weighted by Crippen LogP contribution is 2.36. The van der Waals surface area contributed by atoms with Gasteiger partial charge < -0.3 is 19.7 Å². The van der Waals surface area contributed by atoms with E-state index >= 15 is 4.39 Å². The lowest BCUT2D eigenvalue weighted by Crippen LogP contribution is -2.57. The third kappa shape index (κ3) is 8.51. The molecule has 8 nitrogen and oxygen atoms in total. The molecule has 3 aliphatic heterocycles. The Morgan fingerprint density at radius 1 is 1.08 bits per heavy atom. The number of amides is 1. The van der Waals surface area contributed by atoms with Crippen LogP contribution in [0.25, 0.3) is 11.1 Å². The number of aliphatic carboxylic acids is 1. The van der Waals surface area contributed by atoms with Crippen molar-refractivity contribution in [3.8, 4) is 23.5 Å². The van der Waals surface area contributed by atoms with Gasteiger partial charge in [0.1, 0.15) is 17.7 Å². The highest BCUT2D eigenvalue weighted by Gasteiger charge is 2.39. The van der Waals surface area contributed by atoms with E-state index in [-0.39, 0.29) is 54.2 Å². The van der Waals surface area contributed by atoms with Gasteiger partial charge in [-0.2, -0.15) is 13.2 Å². The number of nitrogens with one attached hydrogen (secondary N) is 1. The van der Waals surface area contributed by atoms with Crippen molar-refractivity contribution < 1.29 is 41.4 Å². The molecule has 2 N–H and O–H groups in total. The number of hydrogen-bond donors (Lipinski definition) is 2. The minimum Gasteiger partial charge on any atom is -0.481 e. The zero-order valence-corrected chi connectivity index (χ0v) is 28.7. The number of benzene rings is 2. The number of carbonyl (C=O) groups excluding carboxylic acids is 1. The molecule has 1 aromatic heterocycles. The second kappa shape index (κ2) is 15.0. The molecule has 3 fully saturated rings. The molecule has 1 amide bonds. The molecule has 272 valence electrons. The summed E-state index contributed by atoms with van der Waals surface area (Å²) in [5.41, 5.74) is -0.918. The summed E-state index contributed by atoms with van der Waals surface area (Å²) in [6, 6.07) is 2.89. The topological polar surface area (TPSA) is 101 Å². The maximum absolute atomic E-state index is 15.9. The van der Waals surface area contributed by atoms with E-state index in [1.807, 2.05) is 4.90 Å². The Morgan fingerprint density at radius 2 is 1.71 bits per heavy atom. The number of morpholine rings is 1. The van der Waals surface area contributed by atoms with Gasteiger partial charge in [-0.05, 0) is 84.7 Å². The molecular weight excluding hydrogens is 673 g/mol. The van der Waals surface area contributed by atoms with E-state index in [1.165, 1.54) is 24.3 Å². The Labute approximate surface area is 292 Å². The highest BCUT2D eigenvalue weighted by molar-refractivity contribution is 5.82. The zero-order valence-electron chi connectivity index (χ0n) is 28.7. The normalized spacial score (nSPS) is 18.5. The number of carboxylic acid groups (broad SMARTS) is 1. The molecule has 2 unspecified atom stereocenters. The van der Waals surface area contributed by atoms with E-state index in [0.29, 0.717) is 41.4 Å². The van der Waals surface area contributed by atoms with Crippen LogP contribution >= 0.6 is 0 Å². The molecular formula is C38H40F5N3O5. The van der Waals surface area contributed by atoms with Crippen molar-refractivity contribution in [2.45, 2.75) is 83.8 Å². The highest BCUT2D eigenvalue weighted by atomic mass is 19.4. The van der Waals surface area contributed by atoms with Crippen molar-refractivity contribution in [2.24, 2.45) is 5.92 Å². The molecule has 0 spiro atoms. The second-order valence-corrected chi connectivity index (χ2v) is 13.9. The number of hydrogen-bond acceptors (Lipinski definition) is 5. The summed E-state index contributed by atoms with van der Waals surface area (Å²) >= 11 is 0. The first-order valence-electron chi connectivity index (χ1n) is 16.7. The van der Waals surface area contributed by atoms with Crippen molar-refractivity contribution in [3.05, 3.63) is 91.9 Å². The van der Waals surface area contributed by atoms with E-state index in [2.05, 4.69) is 11.2 Å². The number of piperidine rings is 1. The first-order valence-corrected chi connectivity index (χ1v) is 16.7. The third-order valence-corrected chi connectivity index (χ3v) is 9.45. The number of carbonyl (C=O) groups is 2. The summed E-state index contributed by atoms with van der Waals surface area (Å²) in [5, 5.41) is 12.4. The summed E-state index contributed by atoms with van der Waals surface area (Å²) in [4.78, 5) is 41.5. The maximum atomic E-state index is 15.9. The van der Waals surface area contributed by atoms with Crippen LogP contribution in [-0.4, -0.2) is 58.3 Å². The van der Waals surface area contributed by atoms with Gasteiger partial charge in [-0.1, -0.05) is 19.8 Å². The third-order valence-electron chi connectivity index (χ3n) is 9.45. The number of pyridine rings is 1. The second-order valence-electron chi connectivity index (χ2n) is 13.9. The van der Waals surface area contributed by atoms with Gasteiger partial charge in [0, 0.05) is 43.9 Å². The molecule has 2 bridgehead atoms. The first-order chi connectivity index (χ1) is 23.9. The van der Waals surface area contributed by atoms with Crippen molar-refractivity contribution in [2.75, 3.05) is 19.6 Å². The average Bonchev–Trinajstić information content (AvgIpc) is 3.01. The van der Waals surface area contributed by atoms with Crippen LogP contribution in [0.4, 0.5) is 22.0 Å². The molecule has 0 aliphatic carbocycles. The van der Waals surface area contributed by atoms with Crippen LogP contribution in [0.1, 0.15) is 78.6 Å². The van der Waals surface area contributed by atoms with E-state index in [0.717, 1.165) is 17.2 Å². The molecule has 4 atom stereocenters. The minimum absolute atomic E-state index is 0.00471. The molecule has 2 aromatic carbocycles. The van der Waals surface area contributed by atoms with Gasteiger partial charge in [0.15, 0.2) is 0 Å². The average molecular weight is 714 g/mol. The van der Waals surface area contributed by atoms with E-state index in [4.69, 9.17) is 11.2 Å². The van der Waals surface area contributed by atoms with Crippen molar-refractivity contribution in [1.82, 2.24) is 14.8 Å². The predicted molar refractivity (Wildman–Crippen MR) is 180 cm³/mol. The number of terminal acetylenes is 1. The van der Waals surface area contributed by atoms with Gasteiger partial charge in [-0.25, -0.2) is 8.78 Å². The number of halogens is 5. The Kier molecular flexibility index (Phi) is 11.1. The lowest BCUT2D eigenvalue weighted by atomic mass is 9.90. The summed E-state index contributed by atoms with van der Waals surface area (Å²) in [6.45, 7) is 8.25. The van der Waals surface area contributed by atoms with E-state index in [9.17, 15) is 37.1 Å². The number of alkyl halides is 3. The quantitative estimate of drug-likeness (QED) is 0.168. The Balaban J connectivity index is 1.53. The van der Waals surface area contributed by atoms with Crippen LogP contribution in [-0.2, 0) is 26.9 Å². The van der Waals surface area contributed by atoms with Gasteiger partial charge in [0.25, 0.3) is 5.56 Å². The lowest BCUT2D eigenvalue weighted by Gasteiger charge is -2.47. The molecule has 13 heteroatoms. The first kappa shape index (κ1) is 37.7. The lowest BCUT2D eigenvalue weighted by molar-refractivity contribution is -0.180. The van der Waals surface area contributed by atoms with Gasteiger partial charge >= 0.3 is 12.1 Å². The molecule has 3 aliphatic rings. The van der Waals surface area contributed by atoms with Crippen molar-refractivity contribution in [1.29, 1.82) is 0 Å². The van der Waals surface area contributed by atoms with Crippen LogP contribution in [0.15, 0.2) is 41.3 Å². The predicted octanol–water partition coefficient (Wildman–Crippen LogP) is 6.35. The number of nitrogens with zero attached hydrogens (tertiary/aromatic N) is 2. The van der Waals surface area contributed by atoms with E-state index in [1.54, 1.807) is 27.7 Å². The summed E-state index contributed by atoms with van der Waals surface area (Å²) in [5.74, 6) is -1.72. The summed E-state index contributed by atoms with van der Waals surface area (Å²) < 4.78 is 79.2. The minimum atomic E-state index is -4.83. The Hall–Kier alpha value is -4.54. The largest absolute Gasteiger partial charge is 0.481 e. The zero-order chi connectivity index (χ0) is 37.4. The van der Waals surface area contributed by atoms with Gasteiger partial charge in [0.05, 0.1) is 35.8 Å². The van der Waals surface area contributed by atoms with Crippen LogP contribution < -0.4 is 10.9 Å². The summed E-state index contributed by atoms with van der Waals surface area (Å²) in [7, 11) is 0. The smallest absolute Gasteiger partial charge is 0.416 e. The number of carboxylic acids is 1. The number of aromatic nitrogens is 1. The van der Waals surface area contributed by atoms with Crippen molar-refractivity contribution >= 4 is 11.9 Å². The SMILES string of the molecule is C#Cc1cc(-c2c(C)cc(F)cc2C)cc([C@H](CC(=O)O)NC(=O)[C@@H](CC(C)C)n2cc(CCN3CC4CC(C3)O4)c(C(F)(F)F)cc2=O)c1F. The van der Waals surface area contributed by atoms with Gasteiger partial charge in [-0.3, -0.25) is 19.3 Å². The Morgan fingerprint density at radius 3 is 2.25 bits per heavy atom. The molecule has 3 aromatic rings. The molecule has 0 radical (unpaired) electrons. The molecule has 3 saturated heterocycles. The Bertz CT molecular complexity index is 1890. The fourth-order valence-corrected chi connectivity index (χ4v) is 7.19. The van der Waals surface area contributed by atoms with Crippen molar-refractivity contribution in [3.63, 3.8) is 0 Å². The number of rotatable bonds is 12. The molecule has 4 heterocycles. The standard InChI is InChI=1S/C38H40F5N3O5/c1-6-23-12-25(35-21(4)10-26(39)11-22(35)5)13-29(36(23)40)31(16-34(48)49)44-37(50)32(9-20(2)3)46-17-24(30(15-33(46)47)38(41,42)43)7-8-45-18-27-14-28(19-45)51-27/h1,10-13,15,17,20,27-28,31-32H,7-9,14,16,18-19H2,2-5H3,(H,44,50)(H,48,49)/t27?,28?,31-,32+/m0/s1. The van der Waals surface area contributed by atoms with E-state index < -0.39 is 59.3 Å². The fourth-order valence-electron chi connectivity index (χ4n) is 7.19. The van der Waals surface area contributed by atoms with Gasteiger partial charge in [-0.15, -0.1) is 6.42 Å². The van der Waals surface area contributed by atoms with Crippen LogP contribution in [0.5, 0.6) is 0 Å². The number of fused-ring (bicyclic) bond motifs is 2.